The Morgan fingerprint density at radius 3 is 2.89 bits per heavy atom. The molecule has 0 unspecified atom stereocenters. The third kappa shape index (κ3) is 3.03. The van der Waals surface area contributed by atoms with Crippen molar-refractivity contribution in [2.45, 2.75) is 24.7 Å². The molecule has 0 aromatic heterocycles. The zero-order chi connectivity index (χ0) is 13.0. The van der Waals surface area contributed by atoms with E-state index in [-0.39, 0.29) is 5.75 Å². The van der Waals surface area contributed by atoms with Crippen LogP contribution < -0.4 is 10.6 Å². The standard InChI is InChI=1S/C13H20N2O2S/c1-2-14-7-8-15-12-5-6-13-11(10-12)4-3-9-18(13,16)17/h5-6,10,14-15H,2-4,7-9H2,1H3. The molecule has 5 heteroatoms. The van der Waals surface area contributed by atoms with E-state index in [1.165, 1.54) is 0 Å². The summed E-state index contributed by atoms with van der Waals surface area (Å²) < 4.78 is 23.7. The smallest absolute Gasteiger partial charge is 0.178 e. The molecule has 0 atom stereocenters. The number of benzene rings is 1. The van der Waals surface area contributed by atoms with Crippen LogP contribution in [0.5, 0.6) is 0 Å². The molecule has 4 nitrogen and oxygen atoms in total. The van der Waals surface area contributed by atoms with Gasteiger partial charge < -0.3 is 10.6 Å². The number of aryl methyl sites for hydroxylation is 1. The van der Waals surface area contributed by atoms with Crippen molar-refractivity contribution in [1.29, 1.82) is 0 Å². The van der Waals surface area contributed by atoms with Crippen LogP contribution in [0.25, 0.3) is 0 Å². The van der Waals surface area contributed by atoms with Crippen LogP contribution in [0.4, 0.5) is 5.69 Å². The SMILES string of the molecule is CCNCCNc1ccc2c(c1)CCCS2(=O)=O. The van der Waals surface area contributed by atoms with Gasteiger partial charge in [0.1, 0.15) is 0 Å². The highest BCUT2D eigenvalue weighted by atomic mass is 32.2. The third-order valence-corrected chi connectivity index (χ3v) is 5.03. The Morgan fingerprint density at radius 2 is 2.11 bits per heavy atom. The average molecular weight is 268 g/mol. The zero-order valence-corrected chi connectivity index (χ0v) is 11.5. The predicted octanol–water partition coefficient (Wildman–Crippen LogP) is 1.43. The molecule has 0 radical (unpaired) electrons. The molecule has 1 aliphatic heterocycles. The molecule has 100 valence electrons. The van der Waals surface area contributed by atoms with Gasteiger partial charge >= 0.3 is 0 Å². The van der Waals surface area contributed by atoms with E-state index in [9.17, 15) is 8.42 Å². The van der Waals surface area contributed by atoms with Crippen molar-refractivity contribution in [3.63, 3.8) is 0 Å². The zero-order valence-electron chi connectivity index (χ0n) is 10.7. The van der Waals surface area contributed by atoms with Crippen molar-refractivity contribution in [3.05, 3.63) is 23.8 Å². The summed E-state index contributed by atoms with van der Waals surface area (Å²) in [5, 5.41) is 6.54. The van der Waals surface area contributed by atoms with E-state index in [1.807, 2.05) is 12.1 Å². The summed E-state index contributed by atoms with van der Waals surface area (Å²) in [4.78, 5) is 0.519. The number of rotatable bonds is 5. The number of likely N-dealkylation sites (N-methyl/N-ethyl adjacent to an activating group) is 1. The molecule has 0 saturated carbocycles. The number of fused-ring (bicyclic) bond motifs is 1. The van der Waals surface area contributed by atoms with Gasteiger partial charge in [0, 0.05) is 18.8 Å². The summed E-state index contributed by atoms with van der Waals surface area (Å²) in [5.41, 5.74) is 1.96. The number of nitrogens with one attached hydrogen (secondary N) is 2. The molecule has 2 N–H and O–H groups in total. The number of hydrogen-bond acceptors (Lipinski definition) is 4. The van der Waals surface area contributed by atoms with Crippen LogP contribution in [0.2, 0.25) is 0 Å². The molecule has 18 heavy (non-hydrogen) atoms. The van der Waals surface area contributed by atoms with Crippen LogP contribution in [0, 0.1) is 0 Å². The van der Waals surface area contributed by atoms with Crippen LogP contribution in [0.15, 0.2) is 23.1 Å². The van der Waals surface area contributed by atoms with Gasteiger partial charge in [-0.2, -0.15) is 0 Å². The Labute approximate surface area is 109 Å². The predicted molar refractivity (Wildman–Crippen MR) is 73.8 cm³/mol. The summed E-state index contributed by atoms with van der Waals surface area (Å²) >= 11 is 0. The van der Waals surface area contributed by atoms with Crippen molar-refractivity contribution in [2.24, 2.45) is 0 Å². The van der Waals surface area contributed by atoms with E-state index in [0.717, 1.165) is 43.7 Å². The van der Waals surface area contributed by atoms with Crippen molar-refractivity contribution < 1.29 is 8.42 Å². The highest BCUT2D eigenvalue weighted by Crippen LogP contribution is 2.27. The Hall–Kier alpha value is -1.07. The first-order chi connectivity index (χ1) is 8.63. The van der Waals surface area contributed by atoms with E-state index in [4.69, 9.17) is 0 Å². The van der Waals surface area contributed by atoms with E-state index >= 15 is 0 Å². The maximum atomic E-state index is 11.9. The Balaban J connectivity index is 2.08. The molecular formula is C13H20N2O2S. The molecule has 1 aliphatic rings. The van der Waals surface area contributed by atoms with Gasteiger partial charge in [0.2, 0.25) is 0 Å². The highest BCUT2D eigenvalue weighted by molar-refractivity contribution is 7.91. The minimum atomic E-state index is -3.03. The van der Waals surface area contributed by atoms with Gasteiger partial charge in [0.05, 0.1) is 10.6 Å². The molecule has 0 fully saturated rings. The van der Waals surface area contributed by atoms with Crippen LogP contribution in [0.3, 0.4) is 0 Å². The van der Waals surface area contributed by atoms with Gasteiger partial charge in [-0.3, -0.25) is 0 Å². The van der Waals surface area contributed by atoms with Crippen molar-refractivity contribution in [2.75, 3.05) is 30.7 Å². The molecule has 0 amide bonds. The Bertz CT molecular complexity index is 512. The normalized spacial score (nSPS) is 17.2. The molecule has 2 rings (SSSR count). The Morgan fingerprint density at radius 1 is 1.28 bits per heavy atom. The van der Waals surface area contributed by atoms with Gasteiger partial charge in [-0.25, -0.2) is 8.42 Å². The molecule has 0 bridgehead atoms. The largest absolute Gasteiger partial charge is 0.384 e. The van der Waals surface area contributed by atoms with E-state index in [1.54, 1.807) is 6.07 Å². The van der Waals surface area contributed by atoms with Crippen molar-refractivity contribution in [3.8, 4) is 0 Å². The van der Waals surface area contributed by atoms with Gasteiger partial charge in [0.25, 0.3) is 0 Å². The lowest BCUT2D eigenvalue weighted by Crippen LogP contribution is -2.22. The quantitative estimate of drug-likeness (QED) is 0.793. The third-order valence-electron chi connectivity index (χ3n) is 3.14. The molecule has 1 heterocycles. The second-order valence-corrected chi connectivity index (χ2v) is 6.60. The first-order valence-electron chi connectivity index (χ1n) is 6.44. The second kappa shape index (κ2) is 5.71. The van der Waals surface area contributed by atoms with E-state index < -0.39 is 9.84 Å². The number of sulfone groups is 1. The molecule has 0 spiro atoms. The van der Waals surface area contributed by atoms with Gasteiger partial charge in [0.15, 0.2) is 9.84 Å². The summed E-state index contributed by atoms with van der Waals surface area (Å²) in [6.45, 7) is 4.79. The van der Waals surface area contributed by atoms with Gasteiger partial charge in [-0.05, 0) is 43.1 Å². The van der Waals surface area contributed by atoms with Crippen LogP contribution in [-0.2, 0) is 16.3 Å². The highest BCUT2D eigenvalue weighted by Gasteiger charge is 2.23. The lowest BCUT2D eigenvalue weighted by molar-refractivity contribution is 0.586. The van der Waals surface area contributed by atoms with Crippen molar-refractivity contribution >= 4 is 15.5 Å². The maximum Gasteiger partial charge on any atom is 0.178 e. The van der Waals surface area contributed by atoms with Crippen LogP contribution in [-0.4, -0.2) is 33.8 Å². The van der Waals surface area contributed by atoms with Crippen LogP contribution in [0.1, 0.15) is 18.9 Å². The molecular weight excluding hydrogens is 248 g/mol. The Kier molecular flexibility index (Phi) is 4.24. The topological polar surface area (TPSA) is 58.2 Å². The number of hydrogen-bond donors (Lipinski definition) is 2. The monoisotopic (exact) mass is 268 g/mol. The molecule has 1 aromatic carbocycles. The average Bonchev–Trinajstić information content (AvgIpc) is 2.34. The van der Waals surface area contributed by atoms with E-state index in [0.29, 0.717) is 4.90 Å². The van der Waals surface area contributed by atoms with E-state index in [2.05, 4.69) is 17.6 Å². The first kappa shape index (κ1) is 13.4. The minimum Gasteiger partial charge on any atom is -0.384 e. The summed E-state index contributed by atoms with van der Waals surface area (Å²) in [7, 11) is -3.03. The summed E-state index contributed by atoms with van der Waals surface area (Å²) in [5.74, 6) is 0.285. The first-order valence-corrected chi connectivity index (χ1v) is 8.09. The van der Waals surface area contributed by atoms with Gasteiger partial charge in [-0.15, -0.1) is 0 Å². The molecule has 1 aromatic rings. The lowest BCUT2D eigenvalue weighted by atomic mass is 10.1. The second-order valence-electron chi connectivity index (χ2n) is 4.53. The molecule has 0 aliphatic carbocycles. The van der Waals surface area contributed by atoms with Gasteiger partial charge in [-0.1, -0.05) is 6.92 Å². The maximum absolute atomic E-state index is 11.9. The minimum absolute atomic E-state index is 0.285. The number of anilines is 1. The fourth-order valence-electron chi connectivity index (χ4n) is 2.22. The fourth-order valence-corrected chi connectivity index (χ4v) is 3.80. The van der Waals surface area contributed by atoms with Crippen molar-refractivity contribution in [1.82, 2.24) is 5.32 Å². The molecule has 0 saturated heterocycles. The van der Waals surface area contributed by atoms with Crippen LogP contribution >= 0.6 is 0 Å². The summed E-state index contributed by atoms with van der Waals surface area (Å²) in [6.07, 6.45) is 1.59. The lowest BCUT2D eigenvalue weighted by Gasteiger charge is -2.17. The fraction of sp³-hybridized carbons (Fsp3) is 0.538. The summed E-state index contributed by atoms with van der Waals surface area (Å²) in [6, 6.07) is 5.56.